The van der Waals surface area contributed by atoms with Crippen molar-refractivity contribution in [3.8, 4) is 0 Å². The number of esters is 2. The Morgan fingerprint density at radius 3 is 2.65 bits per heavy atom. The molecule has 0 radical (unpaired) electrons. The van der Waals surface area contributed by atoms with Crippen LogP contribution >= 0.6 is 0 Å². The zero-order valence-electron chi connectivity index (χ0n) is 13.6. The number of carbonyl (C=O) groups excluding carboxylic acids is 2. The molecule has 3 rings (SSSR count). The third kappa shape index (κ3) is 2.19. The lowest BCUT2D eigenvalue weighted by molar-refractivity contribution is -0.142. The maximum atomic E-state index is 12.5. The van der Waals surface area contributed by atoms with E-state index in [1.807, 2.05) is 6.92 Å². The normalized spacial score (nSPS) is 22.6. The lowest BCUT2D eigenvalue weighted by atomic mass is 9.81. The molecule has 1 aromatic heterocycles. The van der Waals surface area contributed by atoms with Crippen molar-refractivity contribution in [1.82, 2.24) is 4.57 Å². The van der Waals surface area contributed by atoms with Crippen molar-refractivity contribution in [2.75, 3.05) is 14.2 Å². The summed E-state index contributed by atoms with van der Waals surface area (Å²) in [7, 11) is 2.63. The van der Waals surface area contributed by atoms with Crippen LogP contribution in [0.2, 0.25) is 0 Å². The molecule has 0 aromatic carbocycles. The topological polar surface area (TPSA) is 74.6 Å². The van der Waals surface area contributed by atoms with Crippen LogP contribution in [-0.2, 0) is 14.3 Å². The van der Waals surface area contributed by atoms with Crippen molar-refractivity contribution >= 4 is 11.9 Å². The molecule has 0 spiro atoms. The Labute approximate surface area is 134 Å². The molecule has 0 saturated heterocycles. The molecule has 0 amide bonds. The SMILES string of the molecule is CCC(C(=O)OC)c1cc(=O)n2c(c1C(=O)OC)C1CCCC12. The third-order valence-electron chi connectivity index (χ3n) is 5.14. The molecule has 3 atom stereocenters. The Kier molecular flexibility index (Phi) is 4.00. The van der Waals surface area contributed by atoms with Crippen LogP contribution in [0.3, 0.4) is 0 Å². The molecule has 1 aromatic rings. The highest BCUT2D eigenvalue weighted by Gasteiger charge is 2.46. The van der Waals surface area contributed by atoms with Crippen LogP contribution in [0.1, 0.15) is 72.1 Å². The first-order valence-corrected chi connectivity index (χ1v) is 8.00. The average molecular weight is 319 g/mol. The van der Waals surface area contributed by atoms with Gasteiger partial charge in [0, 0.05) is 23.7 Å². The summed E-state index contributed by atoms with van der Waals surface area (Å²) in [6.07, 6.45) is 3.42. The second-order valence-electron chi connectivity index (χ2n) is 6.15. The van der Waals surface area contributed by atoms with Crippen LogP contribution in [0.15, 0.2) is 10.9 Å². The summed E-state index contributed by atoms with van der Waals surface area (Å²) in [6.45, 7) is 1.83. The van der Waals surface area contributed by atoms with Crippen LogP contribution in [0.25, 0.3) is 0 Å². The molecular weight excluding hydrogens is 298 g/mol. The van der Waals surface area contributed by atoms with Gasteiger partial charge in [-0.1, -0.05) is 13.3 Å². The number of rotatable bonds is 4. The second-order valence-corrected chi connectivity index (χ2v) is 6.15. The summed E-state index contributed by atoms with van der Waals surface area (Å²) >= 11 is 0. The molecule has 1 fully saturated rings. The van der Waals surface area contributed by atoms with Gasteiger partial charge in [0.25, 0.3) is 5.56 Å². The highest BCUT2D eigenvalue weighted by molar-refractivity contribution is 5.95. The van der Waals surface area contributed by atoms with Crippen molar-refractivity contribution in [1.29, 1.82) is 0 Å². The van der Waals surface area contributed by atoms with Crippen molar-refractivity contribution in [2.24, 2.45) is 0 Å². The van der Waals surface area contributed by atoms with Gasteiger partial charge in [0.1, 0.15) is 0 Å². The molecule has 3 unspecified atom stereocenters. The number of carbonyl (C=O) groups is 2. The van der Waals surface area contributed by atoms with E-state index in [9.17, 15) is 14.4 Å². The number of ether oxygens (including phenoxy) is 2. The molecule has 1 saturated carbocycles. The average Bonchev–Trinajstić information content (AvgIpc) is 2.94. The number of pyridine rings is 1. The predicted molar refractivity (Wildman–Crippen MR) is 82.7 cm³/mol. The molecule has 6 heteroatoms. The Bertz CT molecular complexity index is 720. The first-order chi connectivity index (χ1) is 11.0. The fourth-order valence-corrected chi connectivity index (χ4v) is 4.11. The Morgan fingerprint density at radius 2 is 2.04 bits per heavy atom. The van der Waals surface area contributed by atoms with Gasteiger partial charge in [-0.2, -0.15) is 0 Å². The van der Waals surface area contributed by atoms with Gasteiger partial charge >= 0.3 is 11.9 Å². The van der Waals surface area contributed by atoms with Gasteiger partial charge in [0.05, 0.1) is 25.7 Å². The van der Waals surface area contributed by atoms with E-state index in [0.717, 1.165) is 25.0 Å². The molecule has 23 heavy (non-hydrogen) atoms. The number of aromatic nitrogens is 1. The lowest BCUT2D eigenvalue weighted by Crippen LogP contribution is -2.42. The highest BCUT2D eigenvalue weighted by Crippen LogP contribution is 2.52. The maximum Gasteiger partial charge on any atom is 0.339 e. The van der Waals surface area contributed by atoms with Gasteiger partial charge in [0.2, 0.25) is 0 Å². The van der Waals surface area contributed by atoms with E-state index in [1.165, 1.54) is 20.3 Å². The van der Waals surface area contributed by atoms with E-state index in [4.69, 9.17) is 9.47 Å². The number of hydrogen-bond acceptors (Lipinski definition) is 5. The third-order valence-corrected chi connectivity index (χ3v) is 5.14. The molecule has 124 valence electrons. The minimum absolute atomic E-state index is 0.145. The summed E-state index contributed by atoms with van der Waals surface area (Å²) in [5.74, 6) is -1.35. The van der Waals surface area contributed by atoms with Crippen LogP contribution in [0.4, 0.5) is 0 Å². The van der Waals surface area contributed by atoms with Crippen molar-refractivity contribution in [2.45, 2.75) is 50.5 Å². The number of hydrogen-bond donors (Lipinski definition) is 0. The van der Waals surface area contributed by atoms with Gasteiger partial charge in [-0.25, -0.2) is 4.79 Å². The summed E-state index contributed by atoms with van der Waals surface area (Å²) < 4.78 is 11.5. The summed E-state index contributed by atoms with van der Waals surface area (Å²) in [5, 5.41) is 0. The van der Waals surface area contributed by atoms with E-state index in [2.05, 4.69) is 0 Å². The van der Waals surface area contributed by atoms with E-state index < -0.39 is 17.9 Å². The van der Waals surface area contributed by atoms with Crippen LogP contribution < -0.4 is 5.56 Å². The monoisotopic (exact) mass is 319 g/mol. The first kappa shape index (κ1) is 15.8. The Balaban J connectivity index is 2.23. The summed E-state index contributed by atoms with van der Waals surface area (Å²) in [5.41, 5.74) is 1.41. The first-order valence-electron chi connectivity index (χ1n) is 8.00. The largest absolute Gasteiger partial charge is 0.469 e. The van der Waals surface area contributed by atoms with Crippen LogP contribution in [-0.4, -0.2) is 30.7 Å². The highest BCUT2D eigenvalue weighted by atomic mass is 16.5. The number of fused-ring (bicyclic) bond motifs is 4. The van der Waals surface area contributed by atoms with Crippen molar-refractivity contribution in [3.05, 3.63) is 33.2 Å². The minimum atomic E-state index is -0.631. The molecule has 2 heterocycles. The van der Waals surface area contributed by atoms with Gasteiger partial charge in [0.15, 0.2) is 0 Å². The lowest BCUT2D eigenvalue weighted by Gasteiger charge is -2.39. The number of methoxy groups -OCH3 is 2. The summed E-state index contributed by atoms with van der Waals surface area (Å²) in [4.78, 5) is 37.0. The molecular formula is C17H21NO5. The van der Waals surface area contributed by atoms with Gasteiger partial charge < -0.3 is 14.0 Å². The van der Waals surface area contributed by atoms with E-state index >= 15 is 0 Å². The predicted octanol–water partition coefficient (Wildman–Crippen LogP) is 2.12. The van der Waals surface area contributed by atoms with E-state index in [1.54, 1.807) is 4.57 Å². The Morgan fingerprint density at radius 1 is 1.30 bits per heavy atom. The molecule has 0 N–H and O–H groups in total. The maximum absolute atomic E-state index is 12.5. The Hall–Kier alpha value is -2.11. The smallest absolute Gasteiger partial charge is 0.339 e. The molecule has 2 aliphatic rings. The van der Waals surface area contributed by atoms with E-state index in [0.29, 0.717) is 17.5 Å². The van der Waals surface area contributed by atoms with Crippen LogP contribution in [0.5, 0.6) is 0 Å². The summed E-state index contributed by atoms with van der Waals surface area (Å²) in [6, 6.07) is 1.60. The van der Waals surface area contributed by atoms with Crippen LogP contribution in [0, 0.1) is 0 Å². The van der Waals surface area contributed by atoms with Crippen molar-refractivity contribution in [3.63, 3.8) is 0 Å². The fraction of sp³-hybridized carbons (Fsp3) is 0.588. The van der Waals surface area contributed by atoms with E-state index in [-0.39, 0.29) is 17.5 Å². The molecule has 1 aliphatic carbocycles. The number of nitrogens with zero attached hydrogens (tertiary/aromatic N) is 1. The van der Waals surface area contributed by atoms with Gasteiger partial charge in [-0.3, -0.25) is 9.59 Å². The zero-order valence-corrected chi connectivity index (χ0v) is 13.6. The van der Waals surface area contributed by atoms with Gasteiger partial charge in [-0.05, 0) is 24.8 Å². The van der Waals surface area contributed by atoms with Crippen molar-refractivity contribution < 1.29 is 19.1 Å². The zero-order chi connectivity index (χ0) is 16.7. The fourth-order valence-electron chi connectivity index (χ4n) is 4.11. The molecule has 0 bridgehead atoms. The molecule has 1 aliphatic heterocycles. The quantitative estimate of drug-likeness (QED) is 0.795. The van der Waals surface area contributed by atoms with Gasteiger partial charge in [-0.15, -0.1) is 0 Å². The molecule has 6 nitrogen and oxygen atoms in total. The standard InChI is InChI=1S/C17H21NO5/c1-4-9(16(20)22-2)11-8-13(19)18-12-7-5-6-10(12)15(18)14(11)17(21)23-3/h8-10,12H,4-7H2,1-3H3. The minimum Gasteiger partial charge on any atom is -0.469 e. The second kappa shape index (κ2) is 5.83.